The topological polar surface area (TPSA) is 55.6 Å². The molecule has 5 nitrogen and oxygen atoms in total. The molecule has 0 aliphatic carbocycles. The summed E-state index contributed by atoms with van der Waals surface area (Å²) in [5.41, 5.74) is 1.41. The van der Waals surface area contributed by atoms with Gasteiger partial charge in [-0.1, -0.05) is 6.07 Å². The molecule has 0 saturated carbocycles. The SMILES string of the molecule is CCOc1ncccc1CN(C)C(=O)c1ccoc1. The monoisotopic (exact) mass is 260 g/mol. The molecule has 1 amide bonds. The van der Waals surface area contributed by atoms with Crippen LogP contribution in [-0.4, -0.2) is 29.4 Å². The van der Waals surface area contributed by atoms with Gasteiger partial charge in [-0.05, 0) is 19.1 Å². The van der Waals surface area contributed by atoms with Gasteiger partial charge in [-0.25, -0.2) is 4.98 Å². The summed E-state index contributed by atoms with van der Waals surface area (Å²) in [4.78, 5) is 17.9. The molecule has 0 bridgehead atoms. The first-order chi connectivity index (χ1) is 9.22. The minimum Gasteiger partial charge on any atom is -0.478 e. The van der Waals surface area contributed by atoms with Crippen LogP contribution in [0.15, 0.2) is 41.3 Å². The van der Waals surface area contributed by atoms with E-state index >= 15 is 0 Å². The molecule has 0 aromatic carbocycles. The Hall–Kier alpha value is -2.30. The molecule has 100 valence electrons. The molecule has 0 aliphatic rings. The lowest BCUT2D eigenvalue weighted by Crippen LogP contribution is -2.26. The van der Waals surface area contributed by atoms with E-state index in [4.69, 9.17) is 9.15 Å². The average molecular weight is 260 g/mol. The van der Waals surface area contributed by atoms with E-state index in [0.29, 0.717) is 24.6 Å². The Morgan fingerprint density at radius 2 is 2.32 bits per heavy atom. The summed E-state index contributed by atoms with van der Waals surface area (Å²) in [6, 6.07) is 5.37. The number of nitrogens with zero attached hydrogens (tertiary/aromatic N) is 2. The zero-order valence-electron chi connectivity index (χ0n) is 11.0. The molecule has 0 atom stereocenters. The predicted molar refractivity (Wildman–Crippen MR) is 69.9 cm³/mol. The third-order valence-corrected chi connectivity index (χ3v) is 2.65. The van der Waals surface area contributed by atoms with Crippen molar-refractivity contribution < 1.29 is 13.9 Å². The first kappa shape index (κ1) is 13.1. The second kappa shape index (κ2) is 6.04. The first-order valence-corrected chi connectivity index (χ1v) is 6.06. The van der Waals surface area contributed by atoms with Crippen LogP contribution < -0.4 is 4.74 Å². The number of furan rings is 1. The maximum atomic E-state index is 12.1. The Labute approximate surface area is 111 Å². The summed E-state index contributed by atoms with van der Waals surface area (Å²) in [6.07, 6.45) is 4.59. The standard InChI is InChI=1S/C14H16N2O3/c1-3-19-13-11(5-4-7-15-13)9-16(2)14(17)12-6-8-18-10-12/h4-8,10H,3,9H2,1-2H3. The van der Waals surface area contributed by atoms with Crippen LogP contribution >= 0.6 is 0 Å². The highest BCUT2D eigenvalue weighted by Gasteiger charge is 2.15. The molecule has 0 saturated heterocycles. The van der Waals surface area contributed by atoms with Crippen molar-refractivity contribution in [3.8, 4) is 5.88 Å². The van der Waals surface area contributed by atoms with Gasteiger partial charge in [0.15, 0.2) is 0 Å². The summed E-state index contributed by atoms with van der Waals surface area (Å²) in [6.45, 7) is 2.88. The van der Waals surface area contributed by atoms with Crippen molar-refractivity contribution >= 4 is 5.91 Å². The lowest BCUT2D eigenvalue weighted by Gasteiger charge is -2.17. The van der Waals surface area contributed by atoms with E-state index in [1.54, 1.807) is 24.2 Å². The zero-order valence-corrected chi connectivity index (χ0v) is 11.0. The number of hydrogen-bond donors (Lipinski definition) is 0. The minimum atomic E-state index is -0.0972. The van der Waals surface area contributed by atoms with Crippen LogP contribution in [0.3, 0.4) is 0 Å². The second-order valence-electron chi connectivity index (χ2n) is 4.07. The zero-order chi connectivity index (χ0) is 13.7. The van der Waals surface area contributed by atoms with Gasteiger partial charge in [-0.3, -0.25) is 4.79 Å². The second-order valence-corrected chi connectivity index (χ2v) is 4.07. The van der Waals surface area contributed by atoms with Gasteiger partial charge in [0, 0.05) is 18.8 Å². The maximum Gasteiger partial charge on any atom is 0.257 e. The van der Waals surface area contributed by atoms with Crippen LogP contribution in [0.25, 0.3) is 0 Å². The summed E-state index contributed by atoms with van der Waals surface area (Å²) < 4.78 is 10.4. The van der Waals surface area contributed by atoms with E-state index in [1.807, 2.05) is 19.1 Å². The number of carbonyl (C=O) groups excluding carboxylic acids is 1. The Morgan fingerprint density at radius 1 is 1.47 bits per heavy atom. The van der Waals surface area contributed by atoms with Gasteiger partial charge in [0.2, 0.25) is 5.88 Å². The highest BCUT2D eigenvalue weighted by atomic mass is 16.5. The summed E-state index contributed by atoms with van der Waals surface area (Å²) in [7, 11) is 1.73. The Bertz CT molecular complexity index is 537. The Balaban J connectivity index is 2.10. The smallest absolute Gasteiger partial charge is 0.257 e. The van der Waals surface area contributed by atoms with Crippen LogP contribution in [-0.2, 0) is 6.54 Å². The largest absolute Gasteiger partial charge is 0.478 e. The molecule has 2 aromatic rings. The molecule has 2 heterocycles. The van der Waals surface area contributed by atoms with E-state index in [2.05, 4.69) is 4.98 Å². The third kappa shape index (κ3) is 3.13. The van der Waals surface area contributed by atoms with Gasteiger partial charge in [0.05, 0.1) is 25.0 Å². The third-order valence-electron chi connectivity index (χ3n) is 2.65. The average Bonchev–Trinajstić information content (AvgIpc) is 2.94. The van der Waals surface area contributed by atoms with Gasteiger partial charge < -0.3 is 14.1 Å². The Kier molecular flexibility index (Phi) is 4.18. The quantitative estimate of drug-likeness (QED) is 0.828. The first-order valence-electron chi connectivity index (χ1n) is 6.06. The van der Waals surface area contributed by atoms with Crippen molar-refractivity contribution in [1.29, 1.82) is 0 Å². The molecular formula is C14H16N2O3. The molecule has 19 heavy (non-hydrogen) atoms. The predicted octanol–water partition coefficient (Wildman–Crippen LogP) is 2.35. The van der Waals surface area contributed by atoms with E-state index in [9.17, 15) is 4.79 Å². The lowest BCUT2D eigenvalue weighted by molar-refractivity contribution is 0.0783. The van der Waals surface area contributed by atoms with E-state index in [1.165, 1.54) is 12.5 Å². The fourth-order valence-electron chi connectivity index (χ4n) is 1.74. The van der Waals surface area contributed by atoms with Gasteiger partial charge in [0.1, 0.15) is 6.26 Å². The van der Waals surface area contributed by atoms with Crippen LogP contribution in [0.2, 0.25) is 0 Å². The number of carbonyl (C=O) groups is 1. The molecule has 0 unspecified atom stereocenters. The van der Waals surface area contributed by atoms with Crippen molar-refractivity contribution in [3.05, 3.63) is 48.0 Å². The molecule has 0 N–H and O–H groups in total. The fraction of sp³-hybridized carbons (Fsp3) is 0.286. The van der Waals surface area contributed by atoms with Crippen molar-refractivity contribution in [3.63, 3.8) is 0 Å². The number of ether oxygens (including phenoxy) is 1. The van der Waals surface area contributed by atoms with Gasteiger partial charge in [-0.2, -0.15) is 0 Å². The number of amides is 1. The van der Waals surface area contributed by atoms with E-state index in [-0.39, 0.29) is 5.91 Å². The normalized spacial score (nSPS) is 10.2. The maximum absolute atomic E-state index is 12.1. The molecule has 0 radical (unpaired) electrons. The molecule has 2 rings (SSSR count). The fourth-order valence-corrected chi connectivity index (χ4v) is 1.74. The Morgan fingerprint density at radius 3 is 3.00 bits per heavy atom. The summed E-state index contributed by atoms with van der Waals surface area (Å²) in [5.74, 6) is 0.469. The molecular weight excluding hydrogens is 244 g/mol. The number of hydrogen-bond acceptors (Lipinski definition) is 4. The molecule has 2 aromatic heterocycles. The number of pyridine rings is 1. The summed E-state index contributed by atoms with van der Waals surface area (Å²) >= 11 is 0. The number of rotatable bonds is 5. The molecule has 5 heteroatoms. The van der Waals surface area contributed by atoms with Gasteiger partial charge in [0.25, 0.3) is 5.91 Å². The summed E-state index contributed by atoms with van der Waals surface area (Å²) in [5, 5.41) is 0. The number of aromatic nitrogens is 1. The van der Waals surface area contributed by atoms with Crippen molar-refractivity contribution in [2.24, 2.45) is 0 Å². The minimum absolute atomic E-state index is 0.0972. The van der Waals surface area contributed by atoms with Crippen molar-refractivity contribution in [2.75, 3.05) is 13.7 Å². The van der Waals surface area contributed by atoms with Crippen LogP contribution in [0.1, 0.15) is 22.8 Å². The molecule has 0 spiro atoms. The van der Waals surface area contributed by atoms with Crippen LogP contribution in [0.4, 0.5) is 0 Å². The van der Waals surface area contributed by atoms with Crippen LogP contribution in [0.5, 0.6) is 5.88 Å². The molecule has 0 fully saturated rings. The highest BCUT2D eigenvalue weighted by molar-refractivity contribution is 5.93. The lowest BCUT2D eigenvalue weighted by atomic mass is 10.2. The van der Waals surface area contributed by atoms with Crippen LogP contribution in [0, 0.1) is 0 Å². The van der Waals surface area contributed by atoms with Crippen molar-refractivity contribution in [2.45, 2.75) is 13.5 Å². The van der Waals surface area contributed by atoms with Gasteiger partial charge >= 0.3 is 0 Å². The van der Waals surface area contributed by atoms with Gasteiger partial charge in [-0.15, -0.1) is 0 Å². The van der Waals surface area contributed by atoms with E-state index in [0.717, 1.165) is 5.56 Å². The van der Waals surface area contributed by atoms with E-state index < -0.39 is 0 Å². The molecule has 0 aliphatic heterocycles. The highest BCUT2D eigenvalue weighted by Crippen LogP contribution is 2.17. The van der Waals surface area contributed by atoms with Crippen molar-refractivity contribution in [1.82, 2.24) is 9.88 Å².